The fourth-order valence-electron chi connectivity index (χ4n) is 2.32. The molecule has 1 aromatic carbocycles. The van der Waals surface area contributed by atoms with E-state index in [9.17, 15) is 4.79 Å². The molecule has 19 heavy (non-hydrogen) atoms. The minimum Gasteiger partial charge on any atom is -0.484 e. The van der Waals surface area contributed by atoms with E-state index in [1.807, 2.05) is 37.9 Å². The van der Waals surface area contributed by atoms with Gasteiger partial charge in [0.05, 0.1) is 0 Å². The molecule has 2 rings (SSSR count). The lowest BCUT2D eigenvalue weighted by Crippen LogP contribution is -2.39. The lowest BCUT2D eigenvalue weighted by molar-refractivity contribution is -0.134. The number of likely N-dealkylation sites (N-methyl/N-ethyl adjacent to an activating group) is 1. The average Bonchev–Trinajstić information content (AvgIpc) is 3.20. The molecule has 1 aliphatic carbocycles. The molecule has 1 aliphatic rings. The fourth-order valence-corrected chi connectivity index (χ4v) is 2.32. The molecular weight excluding hydrogens is 238 g/mol. The second-order valence-corrected chi connectivity index (χ2v) is 5.64. The minimum absolute atomic E-state index is 0.0550. The average molecular weight is 261 g/mol. The largest absolute Gasteiger partial charge is 0.484 e. The number of ether oxygens (including phenoxy) is 1. The lowest BCUT2D eigenvalue weighted by Gasteiger charge is -2.25. The zero-order valence-electron chi connectivity index (χ0n) is 12.3. The van der Waals surface area contributed by atoms with E-state index >= 15 is 0 Å². The minimum atomic E-state index is 0.0550. The Morgan fingerprint density at radius 3 is 2.68 bits per heavy atom. The van der Waals surface area contributed by atoms with E-state index in [4.69, 9.17) is 4.74 Å². The topological polar surface area (TPSA) is 29.5 Å². The maximum absolute atomic E-state index is 12.1. The number of aryl methyl sites for hydroxylation is 2. The molecule has 1 amide bonds. The van der Waals surface area contributed by atoms with Gasteiger partial charge in [0, 0.05) is 13.1 Å². The third-order valence-corrected chi connectivity index (χ3v) is 3.99. The third-order valence-electron chi connectivity index (χ3n) is 3.99. The van der Waals surface area contributed by atoms with E-state index in [2.05, 4.69) is 13.0 Å². The Labute approximate surface area is 115 Å². The van der Waals surface area contributed by atoms with Crippen LogP contribution in [0.4, 0.5) is 0 Å². The van der Waals surface area contributed by atoms with Crippen LogP contribution in [0.2, 0.25) is 0 Å². The number of nitrogens with zero attached hydrogens (tertiary/aromatic N) is 1. The first kappa shape index (κ1) is 13.9. The van der Waals surface area contributed by atoms with Crippen molar-refractivity contribution in [2.45, 2.75) is 39.7 Å². The molecule has 0 radical (unpaired) electrons. The van der Waals surface area contributed by atoms with Gasteiger partial charge in [0.25, 0.3) is 5.91 Å². The zero-order valence-corrected chi connectivity index (χ0v) is 12.3. The highest BCUT2D eigenvalue weighted by atomic mass is 16.5. The van der Waals surface area contributed by atoms with Crippen molar-refractivity contribution in [1.29, 1.82) is 0 Å². The normalized spacial score (nSPS) is 16.0. The van der Waals surface area contributed by atoms with Crippen LogP contribution < -0.4 is 4.74 Å². The first-order valence-electron chi connectivity index (χ1n) is 6.94. The van der Waals surface area contributed by atoms with Crippen molar-refractivity contribution in [3.05, 3.63) is 29.3 Å². The number of hydrogen-bond acceptors (Lipinski definition) is 2. The van der Waals surface area contributed by atoms with Gasteiger partial charge in [0.1, 0.15) is 5.75 Å². The van der Waals surface area contributed by atoms with Crippen LogP contribution in [0.1, 0.15) is 30.9 Å². The molecule has 104 valence electrons. The molecule has 0 spiro atoms. The molecule has 0 N–H and O–H groups in total. The van der Waals surface area contributed by atoms with Gasteiger partial charge < -0.3 is 9.64 Å². The molecule has 0 saturated heterocycles. The number of rotatable bonds is 5. The standard InChI is InChI=1S/C16H23NO2/c1-11-5-8-15(12(2)9-11)19-10-16(18)17(4)13(3)14-6-7-14/h5,8-9,13-14H,6-7,10H2,1-4H3. The van der Waals surface area contributed by atoms with Crippen molar-refractivity contribution in [3.8, 4) is 5.75 Å². The summed E-state index contributed by atoms with van der Waals surface area (Å²) in [7, 11) is 1.87. The molecule has 1 atom stereocenters. The van der Waals surface area contributed by atoms with Crippen LogP contribution >= 0.6 is 0 Å². The number of carbonyl (C=O) groups excluding carboxylic acids is 1. The molecule has 1 fully saturated rings. The van der Waals surface area contributed by atoms with Crippen LogP contribution in [0.5, 0.6) is 5.75 Å². The van der Waals surface area contributed by atoms with E-state index in [0.717, 1.165) is 11.3 Å². The quantitative estimate of drug-likeness (QED) is 0.815. The fraction of sp³-hybridized carbons (Fsp3) is 0.562. The smallest absolute Gasteiger partial charge is 0.260 e. The summed E-state index contributed by atoms with van der Waals surface area (Å²) in [5.74, 6) is 1.54. The van der Waals surface area contributed by atoms with Crippen molar-refractivity contribution in [2.24, 2.45) is 5.92 Å². The van der Waals surface area contributed by atoms with Crippen molar-refractivity contribution in [1.82, 2.24) is 4.90 Å². The van der Waals surface area contributed by atoms with Gasteiger partial charge in [-0.25, -0.2) is 0 Å². The highest BCUT2D eigenvalue weighted by molar-refractivity contribution is 5.77. The highest BCUT2D eigenvalue weighted by Crippen LogP contribution is 2.34. The number of benzene rings is 1. The lowest BCUT2D eigenvalue weighted by atomic mass is 10.1. The monoisotopic (exact) mass is 261 g/mol. The van der Waals surface area contributed by atoms with E-state index < -0.39 is 0 Å². The maximum atomic E-state index is 12.1. The van der Waals surface area contributed by atoms with E-state index in [-0.39, 0.29) is 12.5 Å². The second kappa shape index (κ2) is 5.64. The van der Waals surface area contributed by atoms with Gasteiger partial charge in [0.15, 0.2) is 6.61 Å². The predicted molar refractivity (Wildman–Crippen MR) is 76.4 cm³/mol. The van der Waals surface area contributed by atoms with E-state index in [1.54, 1.807) is 0 Å². The Balaban J connectivity index is 1.88. The van der Waals surface area contributed by atoms with Crippen LogP contribution in [0.3, 0.4) is 0 Å². The molecule has 1 saturated carbocycles. The van der Waals surface area contributed by atoms with Gasteiger partial charge in [-0.05, 0) is 51.2 Å². The number of amides is 1. The Kier molecular flexibility index (Phi) is 4.13. The first-order valence-corrected chi connectivity index (χ1v) is 6.94. The SMILES string of the molecule is Cc1ccc(OCC(=O)N(C)C(C)C2CC2)c(C)c1. The molecule has 1 unspecified atom stereocenters. The zero-order chi connectivity index (χ0) is 14.0. The van der Waals surface area contributed by atoms with Crippen LogP contribution in [0.25, 0.3) is 0 Å². The van der Waals surface area contributed by atoms with Gasteiger partial charge in [0.2, 0.25) is 0 Å². The summed E-state index contributed by atoms with van der Waals surface area (Å²) in [6.07, 6.45) is 2.49. The molecule has 0 heterocycles. The maximum Gasteiger partial charge on any atom is 0.260 e. The summed E-state index contributed by atoms with van der Waals surface area (Å²) in [6, 6.07) is 6.33. The summed E-state index contributed by atoms with van der Waals surface area (Å²) >= 11 is 0. The molecule has 0 aliphatic heterocycles. The Hall–Kier alpha value is -1.51. The van der Waals surface area contributed by atoms with Crippen LogP contribution in [-0.2, 0) is 4.79 Å². The Morgan fingerprint density at radius 1 is 1.42 bits per heavy atom. The van der Waals surface area contributed by atoms with E-state index in [0.29, 0.717) is 12.0 Å². The Bertz CT molecular complexity index is 466. The summed E-state index contributed by atoms with van der Waals surface area (Å²) < 4.78 is 5.63. The van der Waals surface area contributed by atoms with Crippen molar-refractivity contribution in [2.75, 3.05) is 13.7 Å². The van der Waals surface area contributed by atoms with Crippen LogP contribution in [0, 0.1) is 19.8 Å². The molecule has 3 heteroatoms. The van der Waals surface area contributed by atoms with Crippen molar-refractivity contribution in [3.63, 3.8) is 0 Å². The van der Waals surface area contributed by atoms with Crippen molar-refractivity contribution < 1.29 is 9.53 Å². The van der Waals surface area contributed by atoms with Gasteiger partial charge in [-0.1, -0.05) is 17.7 Å². The van der Waals surface area contributed by atoms with Gasteiger partial charge in [-0.2, -0.15) is 0 Å². The van der Waals surface area contributed by atoms with Gasteiger partial charge >= 0.3 is 0 Å². The van der Waals surface area contributed by atoms with Crippen molar-refractivity contribution >= 4 is 5.91 Å². The summed E-state index contributed by atoms with van der Waals surface area (Å²) in [4.78, 5) is 13.9. The van der Waals surface area contributed by atoms with Gasteiger partial charge in [-0.15, -0.1) is 0 Å². The van der Waals surface area contributed by atoms with Crippen LogP contribution in [0.15, 0.2) is 18.2 Å². The first-order chi connectivity index (χ1) is 8.99. The molecule has 0 aromatic heterocycles. The predicted octanol–water partition coefficient (Wildman–Crippen LogP) is 2.94. The third kappa shape index (κ3) is 3.49. The number of carbonyl (C=O) groups is 1. The second-order valence-electron chi connectivity index (χ2n) is 5.64. The number of hydrogen-bond donors (Lipinski definition) is 0. The summed E-state index contributed by atoms with van der Waals surface area (Å²) in [5, 5.41) is 0. The molecular formula is C16H23NO2. The van der Waals surface area contributed by atoms with E-state index in [1.165, 1.54) is 18.4 Å². The summed E-state index contributed by atoms with van der Waals surface area (Å²) in [6.45, 7) is 6.29. The molecule has 3 nitrogen and oxygen atoms in total. The summed E-state index contributed by atoms with van der Waals surface area (Å²) in [5.41, 5.74) is 2.28. The molecule has 1 aromatic rings. The van der Waals surface area contributed by atoms with Gasteiger partial charge in [-0.3, -0.25) is 4.79 Å². The van der Waals surface area contributed by atoms with Crippen LogP contribution in [-0.4, -0.2) is 30.5 Å². The Morgan fingerprint density at radius 2 is 2.11 bits per heavy atom. The highest BCUT2D eigenvalue weighted by Gasteiger charge is 2.32. The molecule has 0 bridgehead atoms.